The number of carbonyl (C=O) groups excluding carboxylic acids is 1. The number of nitrogens with one attached hydrogen (secondary N) is 1. The average molecular weight is 445 g/mol. The molecule has 168 valence electrons. The minimum absolute atomic E-state index is 0.0408. The second-order valence-corrected chi connectivity index (χ2v) is 9.11. The van der Waals surface area contributed by atoms with Gasteiger partial charge in [-0.3, -0.25) is 14.9 Å². The van der Waals surface area contributed by atoms with E-state index in [1.54, 1.807) is 30.0 Å². The zero-order chi connectivity index (χ0) is 23.3. The molecular formula is C24H23N5O4. The molecule has 1 aliphatic carbocycles. The number of rotatable bonds is 4. The number of benzene rings is 2. The van der Waals surface area contributed by atoms with Gasteiger partial charge in [0.2, 0.25) is 5.95 Å². The van der Waals surface area contributed by atoms with Crippen molar-refractivity contribution in [3.05, 3.63) is 75.5 Å². The quantitative estimate of drug-likeness (QED) is 0.464. The van der Waals surface area contributed by atoms with Crippen LogP contribution < -0.4 is 10.1 Å². The lowest BCUT2D eigenvalue weighted by Crippen LogP contribution is -2.36. The number of carbonyl (C=O) groups is 1. The zero-order valence-corrected chi connectivity index (χ0v) is 18.5. The Hall–Kier alpha value is -4.01. The van der Waals surface area contributed by atoms with Crippen molar-refractivity contribution in [3.63, 3.8) is 0 Å². The molecule has 9 heteroatoms. The first kappa shape index (κ1) is 20.9. The molecule has 1 atom stereocenters. The van der Waals surface area contributed by atoms with Crippen molar-refractivity contribution in [1.82, 2.24) is 14.8 Å². The molecule has 0 spiro atoms. The highest BCUT2D eigenvalue weighted by atomic mass is 16.6. The summed E-state index contributed by atoms with van der Waals surface area (Å²) >= 11 is 0. The number of nitro benzene ring substituents is 1. The topological polar surface area (TPSA) is 112 Å². The fourth-order valence-electron chi connectivity index (χ4n) is 4.67. The van der Waals surface area contributed by atoms with E-state index in [-0.39, 0.29) is 16.9 Å². The number of methoxy groups -OCH3 is 1. The van der Waals surface area contributed by atoms with Crippen LogP contribution in [0.25, 0.3) is 11.4 Å². The van der Waals surface area contributed by atoms with Crippen molar-refractivity contribution in [2.45, 2.75) is 32.7 Å². The number of anilines is 1. The highest BCUT2D eigenvalue weighted by Gasteiger charge is 2.43. The first-order valence-electron chi connectivity index (χ1n) is 10.6. The minimum atomic E-state index is -0.742. The molecule has 0 bridgehead atoms. The first-order valence-corrected chi connectivity index (χ1v) is 10.6. The summed E-state index contributed by atoms with van der Waals surface area (Å²) in [5.74, 6) is 1.51. The number of allylic oxidation sites excluding steroid dienone is 2. The van der Waals surface area contributed by atoms with Gasteiger partial charge in [-0.1, -0.05) is 38.1 Å². The van der Waals surface area contributed by atoms with Gasteiger partial charge in [0, 0.05) is 29.3 Å². The number of aromatic nitrogens is 3. The second-order valence-electron chi connectivity index (χ2n) is 9.11. The fraction of sp³-hybridized carbons (Fsp3) is 0.292. The van der Waals surface area contributed by atoms with Gasteiger partial charge in [-0.15, -0.1) is 5.10 Å². The average Bonchev–Trinajstić information content (AvgIpc) is 3.20. The van der Waals surface area contributed by atoms with Crippen molar-refractivity contribution in [2.24, 2.45) is 5.41 Å². The van der Waals surface area contributed by atoms with E-state index in [9.17, 15) is 14.9 Å². The Morgan fingerprint density at radius 3 is 2.73 bits per heavy atom. The Bertz CT molecular complexity index is 1320. The van der Waals surface area contributed by atoms with Crippen LogP contribution in [0.5, 0.6) is 5.75 Å². The number of hydrogen-bond donors (Lipinski definition) is 1. The zero-order valence-electron chi connectivity index (χ0n) is 18.5. The van der Waals surface area contributed by atoms with Crippen LogP contribution in [-0.4, -0.2) is 32.6 Å². The Labute approximate surface area is 190 Å². The van der Waals surface area contributed by atoms with Crippen LogP contribution in [0.1, 0.15) is 38.3 Å². The molecule has 0 fully saturated rings. The van der Waals surface area contributed by atoms with Crippen LogP contribution >= 0.6 is 0 Å². The smallest absolute Gasteiger partial charge is 0.275 e. The molecular weight excluding hydrogens is 422 g/mol. The van der Waals surface area contributed by atoms with Gasteiger partial charge in [-0.25, -0.2) is 4.68 Å². The van der Waals surface area contributed by atoms with Crippen molar-refractivity contribution in [1.29, 1.82) is 0 Å². The van der Waals surface area contributed by atoms with Crippen molar-refractivity contribution < 1.29 is 14.5 Å². The van der Waals surface area contributed by atoms with Crippen LogP contribution in [0, 0.1) is 15.5 Å². The number of fused-ring (bicyclic) bond motifs is 1. The van der Waals surface area contributed by atoms with Gasteiger partial charge < -0.3 is 10.1 Å². The van der Waals surface area contributed by atoms with E-state index >= 15 is 0 Å². The Kier molecular flexibility index (Phi) is 4.77. The number of ether oxygens (including phenoxy) is 1. The number of hydrogen-bond acceptors (Lipinski definition) is 7. The molecule has 1 unspecified atom stereocenters. The highest BCUT2D eigenvalue weighted by molar-refractivity contribution is 6.00. The second kappa shape index (κ2) is 7.54. The summed E-state index contributed by atoms with van der Waals surface area (Å²) in [4.78, 5) is 29.4. The molecule has 9 nitrogen and oxygen atoms in total. The summed E-state index contributed by atoms with van der Waals surface area (Å²) in [6.45, 7) is 4.08. The number of Topliss-reactive ketones (excluding diaryl/α,β-unsaturated/α-hetero) is 1. The van der Waals surface area contributed by atoms with E-state index in [0.717, 1.165) is 11.3 Å². The summed E-state index contributed by atoms with van der Waals surface area (Å²) in [6.07, 6.45) is 0.990. The molecule has 1 aliphatic heterocycles. The number of para-hydroxylation sites is 1. The third-order valence-electron chi connectivity index (χ3n) is 6.09. The van der Waals surface area contributed by atoms with Gasteiger partial charge in [0.25, 0.3) is 5.69 Å². The Morgan fingerprint density at radius 2 is 1.97 bits per heavy atom. The van der Waals surface area contributed by atoms with Gasteiger partial charge in [0.15, 0.2) is 11.6 Å². The predicted octanol–water partition coefficient (Wildman–Crippen LogP) is 4.52. The standard InChI is InChI=1S/C24H23N5O4/c1-24(2)12-17-20(19(30)13-24)21(16-9-4-5-10-18(16)29(31)32)28-23(25-17)26-22(27-28)14-7-6-8-15(11-14)33-3/h4-11,21H,12-13H2,1-3H3,(H,25,26,27). The molecule has 0 radical (unpaired) electrons. The summed E-state index contributed by atoms with van der Waals surface area (Å²) in [5, 5.41) is 19.8. The molecule has 2 aromatic carbocycles. The molecule has 1 aromatic heterocycles. The van der Waals surface area contributed by atoms with Crippen LogP contribution in [0.3, 0.4) is 0 Å². The van der Waals surface area contributed by atoms with Gasteiger partial charge in [0.05, 0.1) is 17.6 Å². The van der Waals surface area contributed by atoms with Gasteiger partial charge in [-0.2, -0.15) is 4.98 Å². The lowest BCUT2D eigenvalue weighted by molar-refractivity contribution is -0.385. The van der Waals surface area contributed by atoms with Crippen LogP contribution in [0.2, 0.25) is 0 Å². The molecule has 0 saturated heterocycles. The number of nitrogens with zero attached hydrogens (tertiary/aromatic N) is 4. The van der Waals surface area contributed by atoms with Gasteiger partial charge in [-0.05, 0) is 30.0 Å². The molecule has 0 saturated carbocycles. The Balaban J connectivity index is 1.72. The SMILES string of the molecule is COc1cccc(-c2nc3n(n2)C(c2ccccc2[N+](=O)[O-])C2=C(CC(C)(C)CC2=O)N3)c1. The lowest BCUT2D eigenvalue weighted by Gasteiger charge is -2.38. The Morgan fingerprint density at radius 1 is 1.18 bits per heavy atom. The predicted molar refractivity (Wildman–Crippen MR) is 122 cm³/mol. The largest absolute Gasteiger partial charge is 0.497 e. The normalized spacial score (nSPS) is 18.9. The maximum atomic E-state index is 13.3. The van der Waals surface area contributed by atoms with E-state index in [2.05, 4.69) is 10.3 Å². The third kappa shape index (κ3) is 3.55. The van der Waals surface area contributed by atoms with Crippen molar-refractivity contribution in [3.8, 4) is 17.1 Å². The minimum Gasteiger partial charge on any atom is -0.497 e. The van der Waals surface area contributed by atoms with Crippen molar-refractivity contribution in [2.75, 3.05) is 12.4 Å². The highest BCUT2D eigenvalue weighted by Crippen LogP contribution is 2.47. The molecule has 1 N–H and O–H groups in total. The van der Waals surface area contributed by atoms with E-state index < -0.39 is 11.0 Å². The summed E-state index contributed by atoms with van der Waals surface area (Å²) < 4.78 is 6.91. The molecule has 2 heterocycles. The first-order chi connectivity index (χ1) is 15.8. The molecule has 33 heavy (non-hydrogen) atoms. The van der Waals surface area contributed by atoms with Gasteiger partial charge in [0.1, 0.15) is 11.8 Å². The molecule has 0 amide bonds. The maximum absolute atomic E-state index is 13.3. The van der Waals surface area contributed by atoms with Crippen LogP contribution in [0.15, 0.2) is 59.8 Å². The van der Waals surface area contributed by atoms with Crippen LogP contribution in [0.4, 0.5) is 11.6 Å². The van der Waals surface area contributed by atoms with Crippen molar-refractivity contribution >= 4 is 17.4 Å². The summed E-state index contributed by atoms with van der Waals surface area (Å²) in [5.41, 5.74) is 2.12. The number of ketones is 1. The van der Waals surface area contributed by atoms with E-state index in [1.165, 1.54) is 6.07 Å². The summed E-state index contributed by atoms with van der Waals surface area (Å²) in [6, 6.07) is 13.1. The third-order valence-corrected chi connectivity index (χ3v) is 6.09. The fourth-order valence-corrected chi connectivity index (χ4v) is 4.67. The molecule has 3 aromatic rings. The maximum Gasteiger partial charge on any atom is 0.275 e. The van der Waals surface area contributed by atoms with Crippen LogP contribution in [-0.2, 0) is 4.79 Å². The monoisotopic (exact) mass is 445 g/mol. The van der Waals surface area contributed by atoms with E-state index in [4.69, 9.17) is 9.84 Å². The van der Waals surface area contributed by atoms with E-state index in [0.29, 0.717) is 41.5 Å². The molecule has 2 aliphatic rings. The number of nitro groups is 1. The summed E-state index contributed by atoms with van der Waals surface area (Å²) in [7, 11) is 1.59. The molecule has 5 rings (SSSR count). The van der Waals surface area contributed by atoms with Gasteiger partial charge >= 0.3 is 0 Å². The lowest BCUT2D eigenvalue weighted by atomic mass is 9.73. The van der Waals surface area contributed by atoms with E-state index in [1.807, 2.05) is 38.1 Å².